The molecule has 4 fully saturated rings. The molecule has 5 heteroatoms. The predicted octanol–water partition coefficient (Wildman–Crippen LogP) is 2.54. The van der Waals surface area contributed by atoms with Crippen LogP contribution >= 0.6 is 0 Å². The van der Waals surface area contributed by atoms with Crippen molar-refractivity contribution in [1.82, 2.24) is 20.0 Å². The van der Waals surface area contributed by atoms with Crippen molar-refractivity contribution in [3.05, 3.63) is 35.9 Å². The second kappa shape index (κ2) is 8.25. The zero-order chi connectivity index (χ0) is 20.7. The minimum atomic E-state index is 0.0768. The molecule has 2 saturated carbocycles. The van der Waals surface area contributed by atoms with Crippen LogP contribution in [0.3, 0.4) is 0 Å². The maximum atomic E-state index is 12.6. The van der Waals surface area contributed by atoms with Gasteiger partial charge in [0.2, 0.25) is 5.91 Å². The predicted molar refractivity (Wildman–Crippen MR) is 121 cm³/mol. The van der Waals surface area contributed by atoms with Gasteiger partial charge in [-0.15, -0.1) is 0 Å². The minimum absolute atomic E-state index is 0.0768. The van der Waals surface area contributed by atoms with Crippen molar-refractivity contribution in [3.63, 3.8) is 0 Å². The number of likely N-dealkylation sites (tertiary alicyclic amines) is 2. The normalized spacial score (nSPS) is 29.4. The van der Waals surface area contributed by atoms with E-state index in [1.165, 1.54) is 44.2 Å². The van der Waals surface area contributed by atoms with Gasteiger partial charge in [-0.3, -0.25) is 14.6 Å². The Kier molecular flexibility index (Phi) is 5.63. The molecule has 1 aromatic carbocycles. The Hall–Kier alpha value is -1.43. The molecule has 4 aliphatic rings. The standard InChI is InChI=1S/C25H38N4O/c1-27(2)24(30)15-25(17-28(18-25)16-19-8-9-19)29-12-10-21(11-13-29)26-23-14-22(23)20-6-4-3-5-7-20/h3-7,19,21-23,26H,8-18H2,1-2H3/t22?,23-/m1/s1. The van der Waals surface area contributed by atoms with Crippen molar-refractivity contribution in [2.45, 2.75) is 62.1 Å². The quantitative estimate of drug-likeness (QED) is 0.715. The van der Waals surface area contributed by atoms with E-state index in [0.29, 0.717) is 24.4 Å². The van der Waals surface area contributed by atoms with E-state index in [1.54, 1.807) is 4.90 Å². The van der Waals surface area contributed by atoms with Gasteiger partial charge in [0, 0.05) is 71.2 Å². The van der Waals surface area contributed by atoms with E-state index in [9.17, 15) is 4.79 Å². The van der Waals surface area contributed by atoms with E-state index in [2.05, 4.69) is 45.4 Å². The summed E-state index contributed by atoms with van der Waals surface area (Å²) in [5.41, 5.74) is 1.56. The SMILES string of the molecule is CN(C)C(=O)CC1(N2CCC(N[C@@H]3CC3c3ccccc3)CC2)CN(CC2CC2)C1. The van der Waals surface area contributed by atoms with Gasteiger partial charge in [-0.05, 0) is 43.6 Å². The van der Waals surface area contributed by atoms with Gasteiger partial charge in [0.05, 0.1) is 5.54 Å². The van der Waals surface area contributed by atoms with Gasteiger partial charge >= 0.3 is 0 Å². The fraction of sp³-hybridized carbons (Fsp3) is 0.720. The second-order valence-electron chi connectivity index (χ2n) is 10.6. The number of piperidine rings is 1. The van der Waals surface area contributed by atoms with Crippen LogP contribution in [0.15, 0.2) is 30.3 Å². The highest BCUT2D eigenvalue weighted by molar-refractivity contribution is 5.77. The van der Waals surface area contributed by atoms with Gasteiger partial charge < -0.3 is 10.2 Å². The lowest BCUT2D eigenvalue weighted by Crippen LogP contribution is -2.72. The number of nitrogens with one attached hydrogen (secondary N) is 1. The summed E-state index contributed by atoms with van der Waals surface area (Å²) in [5.74, 6) is 1.92. The molecular formula is C25H38N4O. The third-order valence-electron chi connectivity index (χ3n) is 7.86. The molecule has 164 valence electrons. The smallest absolute Gasteiger partial charge is 0.224 e. The summed E-state index contributed by atoms with van der Waals surface area (Å²) in [6.07, 6.45) is 7.18. The molecule has 1 amide bonds. The summed E-state index contributed by atoms with van der Waals surface area (Å²) in [6, 6.07) is 12.2. The average Bonchev–Trinajstić information content (AvgIpc) is 3.64. The van der Waals surface area contributed by atoms with E-state index in [1.807, 2.05) is 14.1 Å². The van der Waals surface area contributed by atoms with Crippen LogP contribution in [-0.2, 0) is 4.79 Å². The molecule has 0 bridgehead atoms. The molecule has 1 unspecified atom stereocenters. The third-order valence-corrected chi connectivity index (χ3v) is 7.86. The third kappa shape index (κ3) is 4.44. The molecule has 1 aromatic rings. The molecule has 2 aliphatic heterocycles. The Morgan fingerprint density at radius 3 is 2.43 bits per heavy atom. The van der Waals surface area contributed by atoms with E-state index in [0.717, 1.165) is 32.1 Å². The first-order chi connectivity index (χ1) is 14.5. The Morgan fingerprint density at radius 1 is 1.10 bits per heavy atom. The largest absolute Gasteiger partial charge is 0.349 e. The number of amides is 1. The van der Waals surface area contributed by atoms with Crippen LogP contribution in [0.5, 0.6) is 0 Å². The molecule has 2 saturated heterocycles. The highest BCUT2D eigenvalue weighted by Gasteiger charge is 2.50. The summed E-state index contributed by atoms with van der Waals surface area (Å²) < 4.78 is 0. The number of hydrogen-bond acceptors (Lipinski definition) is 4. The second-order valence-corrected chi connectivity index (χ2v) is 10.6. The molecule has 2 aliphatic carbocycles. The number of carbonyl (C=O) groups is 1. The summed E-state index contributed by atoms with van der Waals surface area (Å²) in [5, 5.41) is 3.94. The Bertz CT molecular complexity index is 733. The van der Waals surface area contributed by atoms with Crippen LogP contribution in [0, 0.1) is 5.92 Å². The van der Waals surface area contributed by atoms with Gasteiger partial charge in [0.25, 0.3) is 0 Å². The number of rotatable bonds is 8. The summed E-state index contributed by atoms with van der Waals surface area (Å²) in [4.78, 5) is 19.6. The highest BCUT2D eigenvalue weighted by atomic mass is 16.2. The maximum Gasteiger partial charge on any atom is 0.224 e. The van der Waals surface area contributed by atoms with Crippen molar-refractivity contribution in [1.29, 1.82) is 0 Å². The molecule has 2 heterocycles. The van der Waals surface area contributed by atoms with E-state index in [-0.39, 0.29) is 11.4 Å². The van der Waals surface area contributed by atoms with Crippen molar-refractivity contribution >= 4 is 5.91 Å². The van der Waals surface area contributed by atoms with E-state index in [4.69, 9.17) is 0 Å². The summed E-state index contributed by atoms with van der Waals surface area (Å²) in [7, 11) is 3.79. The molecule has 1 N–H and O–H groups in total. The van der Waals surface area contributed by atoms with Crippen LogP contribution in [0.4, 0.5) is 0 Å². The fourth-order valence-electron chi connectivity index (χ4n) is 5.72. The lowest BCUT2D eigenvalue weighted by Gasteiger charge is -2.57. The van der Waals surface area contributed by atoms with Crippen molar-refractivity contribution in [2.24, 2.45) is 5.92 Å². The molecule has 30 heavy (non-hydrogen) atoms. The van der Waals surface area contributed by atoms with Gasteiger partial charge in [0.15, 0.2) is 0 Å². The molecule has 5 rings (SSSR count). The first kappa shape index (κ1) is 20.5. The van der Waals surface area contributed by atoms with Crippen molar-refractivity contribution < 1.29 is 4.79 Å². The Labute approximate surface area is 181 Å². The number of hydrogen-bond donors (Lipinski definition) is 1. The van der Waals surface area contributed by atoms with Gasteiger partial charge in [-0.2, -0.15) is 0 Å². The van der Waals surface area contributed by atoms with Crippen LogP contribution < -0.4 is 5.32 Å². The zero-order valence-corrected chi connectivity index (χ0v) is 18.7. The maximum absolute atomic E-state index is 12.6. The fourth-order valence-corrected chi connectivity index (χ4v) is 5.72. The number of benzene rings is 1. The molecule has 0 spiro atoms. The Morgan fingerprint density at radius 2 is 1.80 bits per heavy atom. The topological polar surface area (TPSA) is 38.8 Å². The first-order valence-electron chi connectivity index (χ1n) is 12.0. The number of nitrogens with zero attached hydrogens (tertiary/aromatic N) is 3. The first-order valence-corrected chi connectivity index (χ1v) is 12.0. The van der Waals surface area contributed by atoms with Crippen molar-refractivity contribution in [2.75, 3.05) is 46.8 Å². The monoisotopic (exact) mass is 410 g/mol. The lowest BCUT2D eigenvalue weighted by atomic mass is 9.81. The average molecular weight is 411 g/mol. The van der Waals surface area contributed by atoms with Crippen molar-refractivity contribution in [3.8, 4) is 0 Å². The van der Waals surface area contributed by atoms with Crippen LogP contribution in [0.25, 0.3) is 0 Å². The van der Waals surface area contributed by atoms with Gasteiger partial charge in [-0.1, -0.05) is 30.3 Å². The van der Waals surface area contributed by atoms with E-state index < -0.39 is 0 Å². The van der Waals surface area contributed by atoms with Crippen LogP contribution in [-0.4, -0.2) is 85.0 Å². The van der Waals surface area contributed by atoms with Gasteiger partial charge in [0.1, 0.15) is 0 Å². The highest BCUT2D eigenvalue weighted by Crippen LogP contribution is 2.42. The zero-order valence-electron chi connectivity index (χ0n) is 18.7. The molecule has 0 aromatic heterocycles. The molecule has 5 nitrogen and oxygen atoms in total. The number of carbonyl (C=O) groups excluding carboxylic acids is 1. The van der Waals surface area contributed by atoms with Gasteiger partial charge in [-0.25, -0.2) is 0 Å². The molecular weight excluding hydrogens is 372 g/mol. The van der Waals surface area contributed by atoms with Crippen LogP contribution in [0.2, 0.25) is 0 Å². The summed E-state index contributed by atoms with van der Waals surface area (Å²) in [6.45, 7) is 5.66. The molecule has 2 atom stereocenters. The Balaban J connectivity index is 1.13. The van der Waals surface area contributed by atoms with E-state index >= 15 is 0 Å². The molecule has 0 radical (unpaired) electrons. The lowest BCUT2D eigenvalue weighted by molar-refractivity contribution is -0.139. The summed E-state index contributed by atoms with van der Waals surface area (Å²) >= 11 is 0. The minimum Gasteiger partial charge on any atom is -0.349 e. The van der Waals surface area contributed by atoms with Crippen LogP contribution in [0.1, 0.15) is 50.0 Å².